The second-order valence-corrected chi connectivity index (χ2v) is 4.12. The summed E-state index contributed by atoms with van der Waals surface area (Å²) in [6.45, 7) is -0.0166. The molecule has 3 atom stereocenters. The number of rotatable bonds is 3. The second kappa shape index (κ2) is 5.16. The molecule has 5 heteroatoms. The highest BCUT2D eigenvalue weighted by Crippen LogP contribution is 2.42. The molecule has 1 rings (SSSR count). The number of hydrogen-bond donors (Lipinski definition) is 1. The predicted octanol–water partition coefficient (Wildman–Crippen LogP) is 2.36. The first kappa shape index (κ1) is 12.8. The van der Waals surface area contributed by atoms with Crippen LogP contribution in [0.5, 0.6) is 0 Å². The lowest BCUT2D eigenvalue weighted by Crippen LogP contribution is -2.40. The molecule has 15 heavy (non-hydrogen) atoms. The van der Waals surface area contributed by atoms with Crippen molar-refractivity contribution in [1.82, 2.24) is 0 Å². The van der Waals surface area contributed by atoms with E-state index in [1.165, 1.54) is 7.11 Å². The van der Waals surface area contributed by atoms with Gasteiger partial charge in [-0.25, -0.2) is 0 Å². The minimum Gasteiger partial charge on any atom is -0.390 e. The van der Waals surface area contributed by atoms with Gasteiger partial charge in [0.05, 0.1) is 18.6 Å². The molecule has 0 aromatic rings. The van der Waals surface area contributed by atoms with Crippen LogP contribution in [-0.2, 0) is 4.74 Å². The third kappa shape index (κ3) is 3.34. The van der Waals surface area contributed by atoms with E-state index in [1.807, 2.05) is 0 Å². The maximum Gasteiger partial charge on any atom is 0.392 e. The van der Waals surface area contributed by atoms with Gasteiger partial charge in [-0.05, 0) is 18.8 Å². The molecular formula is C10H17F3O2. The Morgan fingerprint density at radius 2 is 1.93 bits per heavy atom. The van der Waals surface area contributed by atoms with Gasteiger partial charge in [0.2, 0.25) is 0 Å². The monoisotopic (exact) mass is 226 g/mol. The lowest BCUT2D eigenvalue weighted by atomic mass is 9.76. The standard InChI is InChI=1S/C10H17F3O2/c1-15-6-9(14)7-4-2-3-5-8(7)10(11,12)13/h7-9,14H,2-6H2,1H3. The molecule has 0 heterocycles. The van der Waals surface area contributed by atoms with E-state index in [-0.39, 0.29) is 13.0 Å². The summed E-state index contributed by atoms with van der Waals surface area (Å²) >= 11 is 0. The summed E-state index contributed by atoms with van der Waals surface area (Å²) in [5.41, 5.74) is 0. The summed E-state index contributed by atoms with van der Waals surface area (Å²) in [6.07, 6.45) is -3.26. The van der Waals surface area contributed by atoms with E-state index in [0.29, 0.717) is 12.8 Å². The molecule has 2 nitrogen and oxygen atoms in total. The zero-order valence-corrected chi connectivity index (χ0v) is 8.76. The van der Waals surface area contributed by atoms with Crippen molar-refractivity contribution in [2.24, 2.45) is 11.8 Å². The smallest absolute Gasteiger partial charge is 0.390 e. The van der Waals surface area contributed by atoms with E-state index in [0.717, 1.165) is 6.42 Å². The van der Waals surface area contributed by atoms with Crippen LogP contribution in [0, 0.1) is 11.8 Å². The summed E-state index contributed by atoms with van der Waals surface area (Å²) < 4.78 is 42.6. The normalized spacial score (nSPS) is 30.2. The minimum absolute atomic E-state index is 0.0166. The third-order valence-electron chi connectivity index (χ3n) is 3.07. The van der Waals surface area contributed by atoms with E-state index in [1.54, 1.807) is 0 Å². The number of aliphatic hydroxyl groups excluding tert-OH is 1. The van der Waals surface area contributed by atoms with Gasteiger partial charge in [0, 0.05) is 7.11 Å². The molecular weight excluding hydrogens is 209 g/mol. The van der Waals surface area contributed by atoms with Crippen molar-refractivity contribution in [2.45, 2.75) is 38.0 Å². The van der Waals surface area contributed by atoms with Crippen molar-refractivity contribution in [3.8, 4) is 0 Å². The van der Waals surface area contributed by atoms with Crippen molar-refractivity contribution in [2.75, 3.05) is 13.7 Å². The Balaban J connectivity index is 2.65. The van der Waals surface area contributed by atoms with Gasteiger partial charge in [-0.15, -0.1) is 0 Å². The highest BCUT2D eigenvalue weighted by Gasteiger charge is 2.47. The number of hydrogen-bond acceptors (Lipinski definition) is 2. The number of alkyl halides is 3. The van der Waals surface area contributed by atoms with Crippen LogP contribution >= 0.6 is 0 Å². The molecule has 0 aliphatic heterocycles. The van der Waals surface area contributed by atoms with Crippen LogP contribution < -0.4 is 0 Å². The van der Waals surface area contributed by atoms with E-state index < -0.39 is 24.1 Å². The van der Waals surface area contributed by atoms with Crippen LogP contribution in [0.25, 0.3) is 0 Å². The molecule has 0 amide bonds. The summed E-state index contributed by atoms with van der Waals surface area (Å²) in [5, 5.41) is 9.58. The van der Waals surface area contributed by atoms with Crippen molar-refractivity contribution < 1.29 is 23.0 Å². The largest absolute Gasteiger partial charge is 0.392 e. The first-order valence-corrected chi connectivity index (χ1v) is 5.20. The fourth-order valence-corrected chi connectivity index (χ4v) is 2.32. The topological polar surface area (TPSA) is 29.5 Å². The Bertz CT molecular complexity index is 194. The van der Waals surface area contributed by atoms with E-state index in [2.05, 4.69) is 0 Å². The van der Waals surface area contributed by atoms with Crippen molar-refractivity contribution in [3.63, 3.8) is 0 Å². The highest BCUT2D eigenvalue weighted by molar-refractivity contribution is 4.84. The van der Waals surface area contributed by atoms with Gasteiger partial charge in [0.25, 0.3) is 0 Å². The Hall–Kier alpha value is -0.290. The molecule has 1 aliphatic carbocycles. The molecule has 1 N–H and O–H groups in total. The molecule has 0 spiro atoms. The SMILES string of the molecule is COCC(O)C1CCCCC1C(F)(F)F. The van der Waals surface area contributed by atoms with Gasteiger partial charge >= 0.3 is 6.18 Å². The van der Waals surface area contributed by atoms with Crippen molar-refractivity contribution in [1.29, 1.82) is 0 Å². The van der Waals surface area contributed by atoms with Crippen LogP contribution in [0.1, 0.15) is 25.7 Å². The van der Waals surface area contributed by atoms with Gasteiger partial charge in [-0.3, -0.25) is 0 Å². The number of aliphatic hydroxyl groups is 1. The Kier molecular flexibility index (Phi) is 4.40. The lowest BCUT2D eigenvalue weighted by molar-refractivity contribution is -0.209. The molecule has 3 unspecified atom stereocenters. The van der Waals surface area contributed by atoms with Crippen LogP contribution in [0.3, 0.4) is 0 Å². The van der Waals surface area contributed by atoms with Gasteiger partial charge in [-0.2, -0.15) is 13.2 Å². The van der Waals surface area contributed by atoms with Crippen LogP contribution in [0.4, 0.5) is 13.2 Å². The summed E-state index contributed by atoms with van der Waals surface area (Å²) in [7, 11) is 1.38. The first-order valence-electron chi connectivity index (χ1n) is 5.20. The van der Waals surface area contributed by atoms with Crippen LogP contribution in [-0.4, -0.2) is 31.1 Å². The molecule has 0 aromatic carbocycles. The number of ether oxygens (including phenoxy) is 1. The third-order valence-corrected chi connectivity index (χ3v) is 3.07. The molecule has 0 bridgehead atoms. The number of methoxy groups -OCH3 is 1. The predicted molar refractivity (Wildman–Crippen MR) is 49.4 cm³/mol. The maximum absolute atomic E-state index is 12.6. The van der Waals surface area contributed by atoms with E-state index in [4.69, 9.17) is 4.74 Å². The zero-order chi connectivity index (χ0) is 11.5. The van der Waals surface area contributed by atoms with Crippen molar-refractivity contribution >= 4 is 0 Å². The Morgan fingerprint density at radius 3 is 2.47 bits per heavy atom. The molecule has 0 saturated heterocycles. The summed E-state index contributed by atoms with van der Waals surface area (Å²) in [4.78, 5) is 0. The van der Waals surface area contributed by atoms with Gasteiger partial charge < -0.3 is 9.84 Å². The van der Waals surface area contributed by atoms with Gasteiger partial charge in [0.15, 0.2) is 0 Å². The minimum atomic E-state index is -4.19. The van der Waals surface area contributed by atoms with Gasteiger partial charge in [-0.1, -0.05) is 12.8 Å². The second-order valence-electron chi connectivity index (χ2n) is 4.12. The quantitative estimate of drug-likeness (QED) is 0.800. The summed E-state index contributed by atoms with van der Waals surface area (Å²) in [6, 6.07) is 0. The maximum atomic E-state index is 12.6. The molecule has 1 aliphatic rings. The molecule has 1 saturated carbocycles. The molecule has 90 valence electrons. The summed E-state index contributed by atoms with van der Waals surface area (Å²) in [5.74, 6) is -2.06. The van der Waals surface area contributed by atoms with Crippen LogP contribution in [0.15, 0.2) is 0 Å². The van der Waals surface area contributed by atoms with Crippen molar-refractivity contribution in [3.05, 3.63) is 0 Å². The average Bonchev–Trinajstić information content (AvgIpc) is 2.17. The fraction of sp³-hybridized carbons (Fsp3) is 1.00. The van der Waals surface area contributed by atoms with Gasteiger partial charge in [0.1, 0.15) is 0 Å². The Labute approximate surface area is 87.4 Å². The van der Waals surface area contributed by atoms with E-state index in [9.17, 15) is 18.3 Å². The van der Waals surface area contributed by atoms with Crippen LogP contribution in [0.2, 0.25) is 0 Å². The fourth-order valence-electron chi connectivity index (χ4n) is 2.32. The number of halogens is 3. The molecule has 0 radical (unpaired) electrons. The van der Waals surface area contributed by atoms with E-state index >= 15 is 0 Å². The lowest BCUT2D eigenvalue weighted by Gasteiger charge is -2.35. The highest BCUT2D eigenvalue weighted by atomic mass is 19.4. The average molecular weight is 226 g/mol. The Morgan fingerprint density at radius 1 is 1.33 bits per heavy atom. The molecule has 0 aromatic heterocycles. The first-order chi connectivity index (χ1) is 6.96. The molecule has 1 fully saturated rings. The zero-order valence-electron chi connectivity index (χ0n) is 8.76.